The number of hydrogen-bond donors (Lipinski definition) is 1. The summed E-state index contributed by atoms with van der Waals surface area (Å²) in [5.74, 6) is 1.25. The van der Waals surface area contributed by atoms with Crippen molar-refractivity contribution in [2.24, 2.45) is 0 Å². The van der Waals surface area contributed by atoms with Crippen LogP contribution in [0.25, 0.3) is 5.65 Å². The Balaban J connectivity index is 1.20. The first-order chi connectivity index (χ1) is 17.1. The van der Waals surface area contributed by atoms with Gasteiger partial charge in [0.1, 0.15) is 23.8 Å². The van der Waals surface area contributed by atoms with Crippen LogP contribution in [0.2, 0.25) is 0 Å². The van der Waals surface area contributed by atoms with Crippen LogP contribution >= 0.6 is 0 Å². The summed E-state index contributed by atoms with van der Waals surface area (Å²) >= 11 is 0. The van der Waals surface area contributed by atoms with Crippen LogP contribution in [0.3, 0.4) is 0 Å². The summed E-state index contributed by atoms with van der Waals surface area (Å²) in [5, 5.41) is 2.98. The van der Waals surface area contributed by atoms with Crippen molar-refractivity contribution < 1.29 is 14.3 Å². The number of fused-ring (bicyclic) bond motifs is 1. The Labute approximate surface area is 204 Å². The van der Waals surface area contributed by atoms with Crippen molar-refractivity contribution in [3.05, 3.63) is 89.5 Å². The second-order valence-corrected chi connectivity index (χ2v) is 8.77. The SMILES string of the molecule is Cc1cccn2cc(COc3ccccc3C(=O)NCc3ccc(N4CCOC(C)C4)nc3)nc12. The predicted molar refractivity (Wildman–Crippen MR) is 134 cm³/mol. The Morgan fingerprint density at radius 2 is 2.09 bits per heavy atom. The molecule has 1 aliphatic rings. The third-order valence-electron chi connectivity index (χ3n) is 6.06. The monoisotopic (exact) mass is 471 g/mol. The zero-order valence-electron chi connectivity index (χ0n) is 20.0. The molecule has 1 unspecified atom stereocenters. The van der Waals surface area contributed by atoms with E-state index in [4.69, 9.17) is 9.47 Å². The zero-order chi connectivity index (χ0) is 24.2. The second kappa shape index (κ2) is 10.1. The highest BCUT2D eigenvalue weighted by atomic mass is 16.5. The normalized spacial score (nSPS) is 15.8. The van der Waals surface area contributed by atoms with Gasteiger partial charge in [-0.3, -0.25) is 4.79 Å². The Morgan fingerprint density at radius 3 is 2.89 bits per heavy atom. The highest BCUT2D eigenvalue weighted by Crippen LogP contribution is 2.20. The van der Waals surface area contributed by atoms with Crippen molar-refractivity contribution in [1.82, 2.24) is 19.7 Å². The van der Waals surface area contributed by atoms with E-state index in [1.54, 1.807) is 12.1 Å². The highest BCUT2D eigenvalue weighted by Gasteiger charge is 2.18. The maximum Gasteiger partial charge on any atom is 0.255 e. The van der Waals surface area contributed by atoms with Crippen molar-refractivity contribution in [2.45, 2.75) is 33.1 Å². The number of hydrogen-bond acceptors (Lipinski definition) is 6. The number of benzene rings is 1. The lowest BCUT2D eigenvalue weighted by Crippen LogP contribution is -2.41. The number of para-hydroxylation sites is 1. The van der Waals surface area contributed by atoms with E-state index in [0.717, 1.165) is 41.4 Å². The first-order valence-electron chi connectivity index (χ1n) is 11.8. The summed E-state index contributed by atoms with van der Waals surface area (Å²) in [6.45, 7) is 7.11. The van der Waals surface area contributed by atoms with Crippen molar-refractivity contribution in [3.8, 4) is 5.75 Å². The molecule has 0 saturated carbocycles. The van der Waals surface area contributed by atoms with E-state index in [0.29, 0.717) is 24.5 Å². The van der Waals surface area contributed by atoms with E-state index in [-0.39, 0.29) is 18.6 Å². The van der Waals surface area contributed by atoms with Crippen LogP contribution in [0.4, 0.5) is 5.82 Å². The number of nitrogens with zero attached hydrogens (tertiary/aromatic N) is 4. The van der Waals surface area contributed by atoms with E-state index in [9.17, 15) is 4.79 Å². The van der Waals surface area contributed by atoms with E-state index in [1.165, 1.54) is 0 Å². The van der Waals surface area contributed by atoms with E-state index in [2.05, 4.69) is 27.1 Å². The fourth-order valence-corrected chi connectivity index (χ4v) is 4.22. The van der Waals surface area contributed by atoms with Gasteiger partial charge in [0.15, 0.2) is 0 Å². The molecule has 4 heterocycles. The van der Waals surface area contributed by atoms with Gasteiger partial charge >= 0.3 is 0 Å². The third kappa shape index (κ3) is 5.27. The number of morpholine rings is 1. The van der Waals surface area contributed by atoms with Gasteiger partial charge in [0, 0.05) is 38.2 Å². The molecule has 8 heteroatoms. The van der Waals surface area contributed by atoms with Crippen LogP contribution < -0.4 is 15.0 Å². The van der Waals surface area contributed by atoms with Crippen LogP contribution in [0, 0.1) is 6.92 Å². The molecule has 1 aromatic carbocycles. The number of rotatable bonds is 7. The first kappa shape index (κ1) is 22.9. The third-order valence-corrected chi connectivity index (χ3v) is 6.06. The fourth-order valence-electron chi connectivity index (χ4n) is 4.22. The average molecular weight is 472 g/mol. The number of carbonyl (C=O) groups excluding carboxylic acids is 1. The summed E-state index contributed by atoms with van der Waals surface area (Å²) in [4.78, 5) is 24.4. The predicted octanol–water partition coefficient (Wildman–Crippen LogP) is 3.77. The minimum atomic E-state index is -0.197. The van der Waals surface area contributed by atoms with Crippen molar-refractivity contribution >= 4 is 17.4 Å². The van der Waals surface area contributed by atoms with Gasteiger partial charge in [0.2, 0.25) is 0 Å². The summed E-state index contributed by atoms with van der Waals surface area (Å²) < 4.78 is 13.6. The lowest BCUT2D eigenvalue weighted by Gasteiger charge is -2.32. The number of imidazole rings is 1. The number of amides is 1. The number of aryl methyl sites for hydroxylation is 1. The van der Waals surface area contributed by atoms with Crippen LogP contribution in [0.15, 0.2) is 67.1 Å². The lowest BCUT2D eigenvalue weighted by molar-refractivity contribution is 0.0529. The van der Waals surface area contributed by atoms with Gasteiger partial charge in [-0.1, -0.05) is 24.3 Å². The molecule has 1 amide bonds. The summed E-state index contributed by atoms with van der Waals surface area (Å²) in [5.41, 5.74) is 4.22. The molecule has 0 radical (unpaired) electrons. The quantitative estimate of drug-likeness (QED) is 0.442. The molecule has 0 bridgehead atoms. The average Bonchev–Trinajstić information content (AvgIpc) is 3.31. The molecule has 8 nitrogen and oxygen atoms in total. The topological polar surface area (TPSA) is 81.0 Å². The minimum absolute atomic E-state index is 0.197. The summed E-state index contributed by atoms with van der Waals surface area (Å²) in [7, 11) is 0. The van der Waals surface area contributed by atoms with E-state index in [1.807, 2.05) is 66.3 Å². The van der Waals surface area contributed by atoms with Crippen LogP contribution in [-0.2, 0) is 17.9 Å². The Hall–Kier alpha value is -3.91. The molecule has 3 aromatic heterocycles. The number of nitrogens with one attached hydrogen (secondary N) is 1. The number of ether oxygens (including phenoxy) is 2. The molecule has 1 atom stereocenters. The van der Waals surface area contributed by atoms with Gasteiger partial charge in [-0.2, -0.15) is 0 Å². The molecule has 1 N–H and O–H groups in total. The van der Waals surface area contributed by atoms with Gasteiger partial charge in [-0.25, -0.2) is 9.97 Å². The van der Waals surface area contributed by atoms with Gasteiger partial charge in [-0.15, -0.1) is 0 Å². The molecule has 5 rings (SSSR count). The summed E-state index contributed by atoms with van der Waals surface area (Å²) in [6.07, 6.45) is 5.91. The maximum absolute atomic E-state index is 12.9. The number of aromatic nitrogens is 3. The number of carbonyl (C=O) groups is 1. The van der Waals surface area contributed by atoms with Crippen molar-refractivity contribution in [2.75, 3.05) is 24.6 Å². The van der Waals surface area contributed by atoms with Crippen LogP contribution in [0.1, 0.15) is 34.1 Å². The minimum Gasteiger partial charge on any atom is -0.486 e. The molecule has 1 fully saturated rings. The molecule has 1 aliphatic heterocycles. The highest BCUT2D eigenvalue weighted by molar-refractivity contribution is 5.96. The van der Waals surface area contributed by atoms with Crippen LogP contribution in [-0.4, -0.2) is 46.1 Å². The van der Waals surface area contributed by atoms with Gasteiger partial charge in [-0.05, 0) is 49.2 Å². The molecule has 4 aromatic rings. The number of anilines is 1. The smallest absolute Gasteiger partial charge is 0.255 e. The molecule has 180 valence electrons. The zero-order valence-corrected chi connectivity index (χ0v) is 20.0. The maximum atomic E-state index is 12.9. The molecule has 0 aliphatic carbocycles. The first-order valence-corrected chi connectivity index (χ1v) is 11.8. The van der Waals surface area contributed by atoms with Crippen molar-refractivity contribution in [1.29, 1.82) is 0 Å². The fraction of sp³-hybridized carbons (Fsp3) is 0.296. The molecule has 0 spiro atoms. The molecule has 1 saturated heterocycles. The van der Waals surface area contributed by atoms with Gasteiger partial charge in [0.25, 0.3) is 5.91 Å². The Morgan fingerprint density at radius 1 is 1.20 bits per heavy atom. The molecule has 35 heavy (non-hydrogen) atoms. The van der Waals surface area contributed by atoms with Gasteiger partial charge < -0.3 is 24.1 Å². The van der Waals surface area contributed by atoms with Gasteiger partial charge in [0.05, 0.1) is 24.0 Å². The second-order valence-electron chi connectivity index (χ2n) is 8.77. The Kier molecular flexibility index (Phi) is 6.63. The van der Waals surface area contributed by atoms with Crippen LogP contribution in [0.5, 0.6) is 5.75 Å². The summed E-state index contributed by atoms with van der Waals surface area (Å²) in [6, 6.07) is 15.3. The van der Waals surface area contributed by atoms with E-state index >= 15 is 0 Å². The van der Waals surface area contributed by atoms with E-state index < -0.39 is 0 Å². The standard InChI is InChI=1S/C27H29N5O3/c1-19-6-5-11-32-17-22(30-26(19)32)18-35-24-8-4-3-7-23(24)27(33)29-15-21-9-10-25(28-14-21)31-12-13-34-20(2)16-31/h3-11,14,17,20H,12-13,15-16,18H2,1-2H3,(H,29,33). The number of pyridine rings is 2. The van der Waals surface area contributed by atoms with Crippen molar-refractivity contribution in [3.63, 3.8) is 0 Å². The largest absolute Gasteiger partial charge is 0.486 e. The molecular formula is C27H29N5O3. The lowest BCUT2D eigenvalue weighted by atomic mass is 10.2. The Bertz CT molecular complexity index is 1320. The molecular weight excluding hydrogens is 442 g/mol.